The second-order valence-corrected chi connectivity index (χ2v) is 10.2. The van der Waals surface area contributed by atoms with Crippen molar-refractivity contribution in [1.29, 1.82) is 0 Å². The van der Waals surface area contributed by atoms with Crippen LogP contribution in [0.25, 0.3) is 0 Å². The SMILES string of the molecule is CC(=O)O[C@@H]1C[C@@H]2[C@@H](CC=C3C[C@@H](O)CC[C@@]32C)[C@@]2(O)C(=O)C[C@H](C(C)=O)[C@@]12C. The monoisotopic (exact) mass is 404 g/mol. The van der Waals surface area contributed by atoms with Crippen molar-refractivity contribution in [3.8, 4) is 0 Å². The molecule has 0 bridgehead atoms. The number of aliphatic hydroxyl groups excluding tert-OH is 1. The van der Waals surface area contributed by atoms with Crippen molar-refractivity contribution in [3.05, 3.63) is 11.6 Å². The first-order valence-electron chi connectivity index (χ1n) is 10.8. The number of ether oxygens (including phenoxy) is 1. The number of hydrogen-bond acceptors (Lipinski definition) is 6. The summed E-state index contributed by atoms with van der Waals surface area (Å²) in [7, 11) is 0. The summed E-state index contributed by atoms with van der Waals surface area (Å²) in [6.45, 7) is 6.70. The van der Waals surface area contributed by atoms with E-state index >= 15 is 0 Å². The van der Waals surface area contributed by atoms with E-state index in [9.17, 15) is 24.6 Å². The number of fused-ring (bicyclic) bond motifs is 5. The highest BCUT2D eigenvalue weighted by atomic mass is 16.5. The summed E-state index contributed by atoms with van der Waals surface area (Å²) >= 11 is 0. The van der Waals surface area contributed by atoms with E-state index in [4.69, 9.17) is 4.74 Å². The van der Waals surface area contributed by atoms with Crippen LogP contribution < -0.4 is 0 Å². The summed E-state index contributed by atoms with van der Waals surface area (Å²) in [5, 5.41) is 22.2. The largest absolute Gasteiger partial charge is 0.462 e. The summed E-state index contributed by atoms with van der Waals surface area (Å²) in [6.07, 6.45) is 4.15. The molecule has 6 heteroatoms. The molecule has 29 heavy (non-hydrogen) atoms. The Bertz CT molecular complexity index is 801. The molecule has 0 aromatic carbocycles. The smallest absolute Gasteiger partial charge is 0.302 e. The molecule has 2 N–H and O–H groups in total. The van der Waals surface area contributed by atoms with Crippen LogP contribution in [0.5, 0.6) is 0 Å². The molecule has 4 aliphatic rings. The molecule has 0 unspecified atom stereocenters. The van der Waals surface area contributed by atoms with E-state index in [2.05, 4.69) is 13.0 Å². The summed E-state index contributed by atoms with van der Waals surface area (Å²) in [6, 6.07) is 0. The van der Waals surface area contributed by atoms with E-state index in [0.717, 1.165) is 6.42 Å². The van der Waals surface area contributed by atoms with Crippen molar-refractivity contribution >= 4 is 17.5 Å². The van der Waals surface area contributed by atoms with Gasteiger partial charge in [0.25, 0.3) is 0 Å². The minimum atomic E-state index is -1.70. The number of carbonyl (C=O) groups excluding carboxylic acids is 3. The molecule has 0 spiro atoms. The van der Waals surface area contributed by atoms with Crippen LogP contribution >= 0.6 is 0 Å². The molecule has 6 nitrogen and oxygen atoms in total. The molecule has 0 amide bonds. The van der Waals surface area contributed by atoms with Crippen LogP contribution in [0, 0.1) is 28.6 Å². The molecule has 0 aromatic heterocycles. The third kappa shape index (κ3) is 2.57. The van der Waals surface area contributed by atoms with Crippen LogP contribution in [-0.2, 0) is 19.1 Å². The molecule has 0 aliphatic heterocycles. The zero-order chi connectivity index (χ0) is 21.4. The van der Waals surface area contributed by atoms with Gasteiger partial charge < -0.3 is 14.9 Å². The van der Waals surface area contributed by atoms with Crippen molar-refractivity contribution in [3.63, 3.8) is 0 Å². The Hall–Kier alpha value is -1.53. The summed E-state index contributed by atoms with van der Waals surface area (Å²) < 4.78 is 5.72. The molecule has 0 aromatic rings. The summed E-state index contributed by atoms with van der Waals surface area (Å²) in [5.74, 6) is -1.94. The van der Waals surface area contributed by atoms with E-state index in [-0.39, 0.29) is 41.3 Å². The number of carbonyl (C=O) groups is 3. The van der Waals surface area contributed by atoms with E-state index in [0.29, 0.717) is 25.7 Å². The van der Waals surface area contributed by atoms with Gasteiger partial charge >= 0.3 is 5.97 Å². The standard InChI is InChI=1S/C23H32O6/c1-12(24)17-10-19(27)23(28)16-6-5-14-9-15(26)7-8-21(14,3)18(16)11-20(22(17,23)4)29-13(2)25/h5,15-18,20,26,28H,6-11H2,1-4H3/t15-,16+,17+,18+,20+,21-,22-,23+/m0/s1. The first-order valence-corrected chi connectivity index (χ1v) is 10.8. The van der Waals surface area contributed by atoms with Gasteiger partial charge in [0.1, 0.15) is 17.5 Å². The number of ketones is 2. The molecule has 3 saturated carbocycles. The van der Waals surface area contributed by atoms with Crippen LogP contribution in [0.15, 0.2) is 11.6 Å². The lowest BCUT2D eigenvalue weighted by Gasteiger charge is -2.62. The van der Waals surface area contributed by atoms with Crippen LogP contribution in [0.4, 0.5) is 0 Å². The molecule has 4 aliphatic carbocycles. The topological polar surface area (TPSA) is 101 Å². The number of Topliss-reactive ketones (excluding diaryl/α,β-unsaturated/α-hetero) is 2. The molecule has 3 fully saturated rings. The fraction of sp³-hybridized carbons (Fsp3) is 0.783. The number of rotatable bonds is 2. The van der Waals surface area contributed by atoms with Gasteiger partial charge in [-0.25, -0.2) is 0 Å². The van der Waals surface area contributed by atoms with Gasteiger partial charge in [0.05, 0.1) is 11.5 Å². The fourth-order valence-electron chi connectivity index (χ4n) is 7.33. The zero-order valence-electron chi connectivity index (χ0n) is 17.7. The third-order valence-corrected chi connectivity index (χ3v) is 8.94. The average molecular weight is 405 g/mol. The molecule has 8 atom stereocenters. The Balaban J connectivity index is 1.86. The van der Waals surface area contributed by atoms with Crippen molar-refractivity contribution in [2.45, 2.75) is 84.0 Å². The Kier molecular flexibility index (Phi) is 4.63. The molecule has 4 rings (SSSR count). The van der Waals surface area contributed by atoms with Gasteiger partial charge in [0.2, 0.25) is 0 Å². The Morgan fingerprint density at radius 2 is 1.86 bits per heavy atom. The van der Waals surface area contributed by atoms with E-state index in [1.54, 1.807) is 6.92 Å². The Morgan fingerprint density at radius 3 is 2.48 bits per heavy atom. The lowest BCUT2D eigenvalue weighted by atomic mass is 9.44. The second-order valence-electron chi connectivity index (χ2n) is 10.2. The maximum atomic E-state index is 13.2. The molecular formula is C23H32O6. The van der Waals surface area contributed by atoms with Gasteiger partial charge in [-0.2, -0.15) is 0 Å². The van der Waals surface area contributed by atoms with Gasteiger partial charge in [-0.05, 0) is 50.4 Å². The second kappa shape index (κ2) is 6.48. The van der Waals surface area contributed by atoms with Gasteiger partial charge in [-0.3, -0.25) is 14.4 Å². The lowest BCUT2D eigenvalue weighted by molar-refractivity contribution is -0.228. The van der Waals surface area contributed by atoms with Crippen molar-refractivity contribution in [2.24, 2.45) is 28.6 Å². The minimum absolute atomic E-state index is 0.00464. The van der Waals surface area contributed by atoms with Crippen LogP contribution in [0.1, 0.15) is 66.2 Å². The van der Waals surface area contributed by atoms with Gasteiger partial charge in [0, 0.05) is 25.2 Å². The lowest BCUT2D eigenvalue weighted by Crippen LogP contribution is -2.68. The maximum absolute atomic E-state index is 13.2. The van der Waals surface area contributed by atoms with E-state index in [1.807, 2.05) is 0 Å². The molecule has 0 saturated heterocycles. The number of aliphatic hydroxyl groups is 2. The number of hydrogen-bond donors (Lipinski definition) is 2. The molecule has 0 heterocycles. The van der Waals surface area contributed by atoms with E-state index < -0.39 is 29.0 Å². The Morgan fingerprint density at radius 1 is 1.17 bits per heavy atom. The molecule has 0 radical (unpaired) electrons. The Labute approximate surface area is 171 Å². The maximum Gasteiger partial charge on any atom is 0.302 e. The van der Waals surface area contributed by atoms with Crippen molar-refractivity contribution in [1.82, 2.24) is 0 Å². The van der Waals surface area contributed by atoms with E-state index in [1.165, 1.54) is 19.4 Å². The van der Waals surface area contributed by atoms with Crippen LogP contribution in [0.3, 0.4) is 0 Å². The number of allylic oxidation sites excluding steroid dienone is 1. The van der Waals surface area contributed by atoms with Gasteiger partial charge in [-0.15, -0.1) is 0 Å². The predicted molar refractivity (Wildman–Crippen MR) is 105 cm³/mol. The van der Waals surface area contributed by atoms with Crippen LogP contribution in [-0.4, -0.2) is 45.6 Å². The third-order valence-electron chi connectivity index (χ3n) is 8.94. The fourth-order valence-corrected chi connectivity index (χ4v) is 7.33. The summed E-state index contributed by atoms with van der Waals surface area (Å²) in [4.78, 5) is 37.7. The van der Waals surface area contributed by atoms with Crippen molar-refractivity contribution in [2.75, 3.05) is 0 Å². The number of esters is 1. The van der Waals surface area contributed by atoms with Gasteiger partial charge in [-0.1, -0.05) is 25.5 Å². The summed E-state index contributed by atoms with van der Waals surface area (Å²) in [5.41, 5.74) is -1.90. The van der Waals surface area contributed by atoms with Gasteiger partial charge in [0.15, 0.2) is 5.78 Å². The average Bonchev–Trinajstić information content (AvgIpc) is 2.85. The highest BCUT2D eigenvalue weighted by molar-refractivity contribution is 5.98. The minimum Gasteiger partial charge on any atom is -0.462 e. The van der Waals surface area contributed by atoms with Crippen molar-refractivity contribution < 1.29 is 29.3 Å². The zero-order valence-corrected chi connectivity index (χ0v) is 17.7. The first kappa shape index (κ1) is 20.7. The first-order chi connectivity index (χ1) is 13.5. The van der Waals surface area contributed by atoms with Crippen LogP contribution in [0.2, 0.25) is 0 Å². The quantitative estimate of drug-likeness (QED) is 0.541. The highest BCUT2D eigenvalue weighted by Gasteiger charge is 2.75. The molecular weight excluding hydrogens is 372 g/mol. The molecule has 160 valence electrons. The predicted octanol–water partition coefficient (Wildman–Crippen LogP) is 2.35. The normalized spacial score (nSPS) is 48.8. The highest BCUT2D eigenvalue weighted by Crippen LogP contribution is 2.67.